The molecule has 2 aromatic heterocycles. The van der Waals surface area contributed by atoms with E-state index in [1.54, 1.807) is 18.2 Å². The number of hydrogen-bond acceptors (Lipinski definition) is 9. The van der Waals surface area contributed by atoms with Gasteiger partial charge in [-0.1, -0.05) is 25.1 Å². The molecule has 11 nitrogen and oxygen atoms in total. The van der Waals surface area contributed by atoms with E-state index in [0.29, 0.717) is 34.1 Å². The number of ether oxygens (including phenoxy) is 3. The Morgan fingerprint density at radius 1 is 1.00 bits per heavy atom. The van der Waals surface area contributed by atoms with Crippen molar-refractivity contribution in [3.05, 3.63) is 42.1 Å². The van der Waals surface area contributed by atoms with Crippen LogP contribution in [0, 0.1) is 0 Å². The van der Waals surface area contributed by atoms with Gasteiger partial charge in [-0.15, -0.1) is 0 Å². The van der Waals surface area contributed by atoms with Gasteiger partial charge in [0.15, 0.2) is 22.1 Å². The maximum absolute atomic E-state index is 13.2. The van der Waals surface area contributed by atoms with Gasteiger partial charge in [-0.25, -0.2) is 8.42 Å². The van der Waals surface area contributed by atoms with Crippen LogP contribution in [0.4, 0.5) is 17.3 Å². The number of aromatic nitrogens is 3. The van der Waals surface area contributed by atoms with Gasteiger partial charge >= 0.3 is 0 Å². The zero-order chi connectivity index (χ0) is 24.5. The molecule has 4 aromatic rings. The summed E-state index contributed by atoms with van der Waals surface area (Å²) in [6.07, 6.45) is 0. The van der Waals surface area contributed by atoms with E-state index in [0.717, 1.165) is 5.69 Å². The highest BCUT2D eigenvalue weighted by Crippen LogP contribution is 2.38. The van der Waals surface area contributed by atoms with E-state index >= 15 is 0 Å². The summed E-state index contributed by atoms with van der Waals surface area (Å²) in [6, 6.07) is 9.87. The van der Waals surface area contributed by atoms with Gasteiger partial charge in [-0.05, 0) is 24.1 Å². The molecule has 2 aromatic carbocycles. The van der Waals surface area contributed by atoms with Crippen molar-refractivity contribution >= 4 is 38.3 Å². The van der Waals surface area contributed by atoms with Gasteiger partial charge in [0.1, 0.15) is 17.2 Å². The summed E-state index contributed by atoms with van der Waals surface area (Å²) < 4.78 is 50.2. The highest BCUT2D eigenvalue weighted by Gasteiger charge is 2.27. The average molecular weight is 488 g/mol. The zero-order valence-electron chi connectivity index (χ0n) is 19.3. The molecule has 0 unspecified atom stereocenters. The van der Waals surface area contributed by atoms with Gasteiger partial charge in [0.05, 0.1) is 32.4 Å². The summed E-state index contributed by atoms with van der Waals surface area (Å²) >= 11 is 0. The predicted molar refractivity (Wildman–Crippen MR) is 127 cm³/mol. The number of nitrogens with zero attached hydrogens (tertiary/aromatic N) is 2. The molecule has 0 radical (unpaired) electrons. The van der Waals surface area contributed by atoms with Crippen LogP contribution >= 0.6 is 0 Å². The maximum atomic E-state index is 13.2. The van der Waals surface area contributed by atoms with Crippen LogP contribution in [0.5, 0.6) is 17.2 Å². The Morgan fingerprint density at radius 2 is 1.68 bits per heavy atom. The van der Waals surface area contributed by atoms with E-state index < -0.39 is 10.0 Å². The Hall–Kier alpha value is -3.93. The number of rotatable bonds is 9. The molecule has 0 aliphatic rings. The molecule has 0 fully saturated rings. The molecule has 2 heterocycles. The monoisotopic (exact) mass is 487 g/mol. The minimum atomic E-state index is -4.14. The van der Waals surface area contributed by atoms with E-state index in [-0.39, 0.29) is 22.2 Å². The number of methoxy groups -OCH3 is 3. The summed E-state index contributed by atoms with van der Waals surface area (Å²) in [5.41, 5.74) is 1.90. The van der Waals surface area contributed by atoms with Crippen LogP contribution in [0.2, 0.25) is 0 Å². The van der Waals surface area contributed by atoms with Gasteiger partial charge in [0, 0.05) is 17.8 Å². The van der Waals surface area contributed by atoms with Crippen LogP contribution in [0.3, 0.4) is 0 Å². The first-order valence-corrected chi connectivity index (χ1v) is 11.8. The number of aromatic amines is 1. The zero-order valence-corrected chi connectivity index (χ0v) is 20.1. The van der Waals surface area contributed by atoms with Crippen LogP contribution in [-0.4, -0.2) is 45.1 Å². The Bertz CT molecular complexity index is 1400. The van der Waals surface area contributed by atoms with Gasteiger partial charge in [-0.3, -0.25) is 9.82 Å². The van der Waals surface area contributed by atoms with E-state index in [1.165, 1.54) is 33.5 Å². The molecule has 0 atom stereocenters. The molecule has 0 bridgehead atoms. The second-order valence-electron chi connectivity index (χ2n) is 7.67. The van der Waals surface area contributed by atoms with Crippen molar-refractivity contribution in [3.8, 4) is 17.2 Å². The lowest BCUT2D eigenvalue weighted by Gasteiger charge is -2.14. The van der Waals surface area contributed by atoms with Crippen LogP contribution in [0.25, 0.3) is 11.0 Å². The lowest BCUT2D eigenvalue weighted by molar-refractivity contribution is 0.373. The van der Waals surface area contributed by atoms with E-state index in [9.17, 15) is 8.42 Å². The van der Waals surface area contributed by atoms with E-state index in [4.69, 9.17) is 18.7 Å². The normalized spacial score (nSPS) is 11.6. The molecule has 0 aliphatic carbocycles. The molecule has 0 saturated heterocycles. The molecule has 34 heavy (non-hydrogen) atoms. The fraction of sp³-hybridized carbons (Fsp3) is 0.273. The number of fused-ring (bicyclic) bond motifs is 1. The number of sulfonamides is 1. The largest absolute Gasteiger partial charge is 0.495 e. The molecule has 3 N–H and O–H groups in total. The number of hydrogen-bond donors (Lipinski definition) is 3. The highest BCUT2D eigenvalue weighted by atomic mass is 32.2. The van der Waals surface area contributed by atoms with Gasteiger partial charge in [0.25, 0.3) is 10.0 Å². The second-order valence-corrected chi connectivity index (χ2v) is 9.28. The number of anilines is 3. The maximum Gasteiger partial charge on any atom is 0.270 e. The summed E-state index contributed by atoms with van der Waals surface area (Å²) in [7, 11) is 0.125. The molecular formula is C22H25N5O6S. The lowest BCUT2D eigenvalue weighted by Crippen LogP contribution is -2.15. The molecule has 0 saturated carbocycles. The van der Waals surface area contributed by atoms with Crippen LogP contribution < -0.4 is 24.2 Å². The third kappa shape index (κ3) is 4.31. The lowest BCUT2D eigenvalue weighted by atomic mass is 10.1. The number of nitrogens with one attached hydrogen (secondary N) is 3. The summed E-state index contributed by atoms with van der Waals surface area (Å²) in [6.45, 7) is 4.11. The van der Waals surface area contributed by atoms with E-state index in [2.05, 4.69) is 39.2 Å². The first kappa shape index (κ1) is 23.2. The summed E-state index contributed by atoms with van der Waals surface area (Å²) in [4.78, 5) is -0.152. The molecule has 180 valence electrons. The molecule has 0 spiro atoms. The topological polar surface area (TPSA) is 141 Å². The quantitative estimate of drug-likeness (QED) is 0.316. The highest BCUT2D eigenvalue weighted by molar-refractivity contribution is 7.93. The smallest absolute Gasteiger partial charge is 0.270 e. The van der Waals surface area contributed by atoms with Crippen molar-refractivity contribution in [2.45, 2.75) is 24.7 Å². The first-order valence-electron chi connectivity index (χ1n) is 10.3. The number of benzene rings is 2. The second kappa shape index (κ2) is 9.14. The average Bonchev–Trinajstić information content (AvgIpc) is 3.44. The fourth-order valence-corrected chi connectivity index (χ4v) is 4.74. The standard InChI is InChI=1S/C22H25N5O6S/c1-12(2)14-11-20(25-24-14)23-15-10-18-13(9-19(15)32-5)22(26-33-18)27-34(28,29)21-16(30-3)7-6-8-17(21)31-4/h6-12H,1-5H3,(H,26,27)(H2,23,24,25). The molecular weight excluding hydrogens is 462 g/mol. The molecule has 12 heteroatoms. The first-order chi connectivity index (χ1) is 16.3. The Kier molecular flexibility index (Phi) is 6.24. The number of H-pyrrole nitrogens is 1. The van der Waals surface area contributed by atoms with Gasteiger partial charge in [-0.2, -0.15) is 5.10 Å². The minimum Gasteiger partial charge on any atom is -0.495 e. The predicted octanol–water partition coefficient (Wildman–Crippen LogP) is 4.24. The molecule has 0 aliphatic heterocycles. The molecule has 4 rings (SSSR count). The van der Waals surface area contributed by atoms with Crippen molar-refractivity contribution in [3.63, 3.8) is 0 Å². The third-order valence-corrected chi connectivity index (χ3v) is 6.56. The van der Waals surface area contributed by atoms with Crippen LogP contribution in [-0.2, 0) is 10.0 Å². The summed E-state index contributed by atoms with van der Waals surface area (Å²) in [5.74, 6) is 1.59. The van der Waals surface area contributed by atoms with Gasteiger partial charge < -0.3 is 24.1 Å². The van der Waals surface area contributed by atoms with Crippen molar-refractivity contribution in [2.75, 3.05) is 31.4 Å². The Labute approximate surface area is 196 Å². The summed E-state index contributed by atoms with van der Waals surface area (Å²) in [5, 5.41) is 14.7. The van der Waals surface area contributed by atoms with Crippen molar-refractivity contribution in [1.29, 1.82) is 0 Å². The van der Waals surface area contributed by atoms with Crippen molar-refractivity contribution < 1.29 is 27.2 Å². The van der Waals surface area contributed by atoms with Crippen LogP contribution in [0.1, 0.15) is 25.5 Å². The van der Waals surface area contributed by atoms with E-state index in [1.807, 2.05) is 6.07 Å². The Morgan fingerprint density at radius 3 is 2.26 bits per heavy atom. The van der Waals surface area contributed by atoms with Crippen molar-refractivity contribution in [1.82, 2.24) is 15.4 Å². The fourth-order valence-electron chi connectivity index (χ4n) is 3.40. The third-order valence-electron chi connectivity index (χ3n) is 5.16. The minimum absolute atomic E-state index is 0.00493. The van der Waals surface area contributed by atoms with Gasteiger partial charge in [0.2, 0.25) is 0 Å². The Balaban J connectivity index is 1.70. The van der Waals surface area contributed by atoms with Crippen molar-refractivity contribution in [2.24, 2.45) is 0 Å². The van der Waals surface area contributed by atoms with Crippen LogP contribution in [0.15, 0.2) is 45.8 Å². The SMILES string of the molecule is COc1cc2c(NS(=O)(=O)c3c(OC)cccc3OC)noc2cc1Nc1cc(C(C)C)[nH]n1. The molecule has 0 amide bonds.